The van der Waals surface area contributed by atoms with E-state index in [4.69, 9.17) is 0 Å². The second kappa shape index (κ2) is 7.48. The molecule has 0 unspecified atom stereocenters. The molecule has 1 aliphatic rings. The summed E-state index contributed by atoms with van der Waals surface area (Å²) < 4.78 is 1.38. The van der Waals surface area contributed by atoms with Crippen LogP contribution >= 0.6 is 22.7 Å². The number of fused-ring (bicyclic) bond motifs is 1. The Bertz CT molecular complexity index is 1090. The van der Waals surface area contributed by atoms with E-state index in [1.807, 2.05) is 31.4 Å². The van der Waals surface area contributed by atoms with Crippen molar-refractivity contribution in [1.29, 1.82) is 0 Å². The lowest BCUT2D eigenvalue weighted by Gasteiger charge is -2.34. The summed E-state index contributed by atoms with van der Waals surface area (Å²) in [4.78, 5) is 48.2. The lowest BCUT2D eigenvalue weighted by molar-refractivity contribution is -0.133. The van der Waals surface area contributed by atoms with Gasteiger partial charge >= 0.3 is 0 Å². The van der Waals surface area contributed by atoms with E-state index in [9.17, 15) is 14.4 Å². The number of aromatic nitrogens is 2. The maximum Gasteiger partial charge on any atom is 0.264 e. The molecule has 0 aliphatic carbocycles. The highest BCUT2D eigenvalue weighted by Gasteiger charge is 2.25. The second-order valence-electron chi connectivity index (χ2n) is 6.79. The maximum absolute atomic E-state index is 12.8. The Morgan fingerprint density at radius 3 is 2.54 bits per heavy atom. The summed E-state index contributed by atoms with van der Waals surface area (Å²) in [5.41, 5.74) is 0.756. The quantitative estimate of drug-likeness (QED) is 0.655. The molecule has 0 radical (unpaired) electrons. The molecule has 3 aromatic rings. The van der Waals surface area contributed by atoms with Gasteiger partial charge in [0.2, 0.25) is 5.91 Å². The van der Waals surface area contributed by atoms with Crippen LogP contribution in [0.5, 0.6) is 0 Å². The predicted octanol–water partition coefficient (Wildman–Crippen LogP) is 2.12. The van der Waals surface area contributed by atoms with Crippen LogP contribution in [0, 0.1) is 13.8 Å². The van der Waals surface area contributed by atoms with Gasteiger partial charge in [0.05, 0.1) is 16.6 Å². The first-order valence-electron chi connectivity index (χ1n) is 9.01. The summed E-state index contributed by atoms with van der Waals surface area (Å²) >= 11 is 2.92. The molecule has 0 saturated carbocycles. The fraction of sp³-hybridized carbons (Fsp3) is 0.368. The summed E-state index contributed by atoms with van der Waals surface area (Å²) in [6.07, 6.45) is 1.45. The van der Waals surface area contributed by atoms with Crippen molar-refractivity contribution in [3.63, 3.8) is 0 Å². The molecule has 3 aromatic heterocycles. The lowest BCUT2D eigenvalue weighted by Crippen LogP contribution is -2.51. The molecular formula is C19H20N4O3S2. The van der Waals surface area contributed by atoms with Gasteiger partial charge in [0.25, 0.3) is 11.5 Å². The fourth-order valence-corrected chi connectivity index (χ4v) is 5.02. The highest BCUT2D eigenvalue weighted by molar-refractivity contribution is 7.18. The molecule has 1 aliphatic heterocycles. The van der Waals surface area contributed by atoms with E-state index in [0.717, 1.165) is 10.4 Å². The first-order valence-corrected chi connectivity index (χ1v) is 10.7. The minimum Gasteiger partial charge on any atom is -0.338 e. The van der Waals surface area contributed by atoms with Crippen LogP contribution in [0.15, 0.2) is 28.6 Å². The highest BCUT2D eigenvalue weighted by Crippen LogP contribution is 2.25. The Balaban J connectivity index is 1.43. The predicted molar refractivity (Wildman–Crippen MR) is 110 cm³/mol. The molecule has 2 amide bonds. The Labute approximate surface area is 169 Å². The highest BCUT2D eigenvalue weighted by atomic mass is 32.1. The molecule has 0 N–H and O–H groups in total. The average Bonchev–Trinajstić information content (AvgIpc) is 3.33. The van der Waals surface area contributed by atoms with Crippen molar-refractivity contribution < 1.29 is 9.59 Å². The van der Waals surface area contributed by atoms with Crippen molar-refractivity contribution in [2.75, 3.05) is 26.2 Å². The molecule has 0 spiro atoms. The van der Waals surface area contributed by atoms with Gasteiger partial charge in [0.15, 0.2) is 0 Å². The number of thiophene rings is 2. The largest absolute Gasteiger partial charge is 0.338 e. The van der Waals surface area contributed by atoms with Gasteiger partial charge < -0.3 is 9.80 Å². The first-order chi connectivity index (χ1) is 13.5. The van der Waals surface area contributed by atoms with Crippen molar-refractivity contribution >= 4 is 44.7 Å². The number of rotatable bonds is 3. The average molecular weight is 417 g/mol. The van der Waals surface area contributed by atoms with Crippen LogP contribution < -0.4 is 5.56 Å². The fourth-order valence-electron chi connectivity index (χ4n) is 3.34. The summed E-state index contributed by atoms with van der Waals surface area (Å²) in [5.74, 6) is -0.118. The topological polar surface area (TPSA) is 75.5 Å². The van der Waals surface area contributed by atoms with Crippen LogP contribution in [-0.2, 0) is 11.3 Å². The summed E-state index contributed by atoms with van der Waals surface area (Å²) in [7, 11) is 0. The zero-order valence-corrected chi connectivity index (χ0v) is 17.3. The van der Waals surface area contributed by atoms with Gasteiger partial charge in [0.1, 0.15) is 11.4 Å². The first kappa shape index (κ1) is 18.8. The third-order valence-corrected chi connectivity index (χ3v) is 7.09. The number of carbonyl (C=O) groups excluding carboxylic acids is 2. The molecular weight excluding hydrogens is 396 g/mol. The van der Waals surface area contributed by atoms with Gasteiger partial charge in [-0.1, -0.05) is 6.07 Å². The van der Waals surface area contributed by atoms with Crippen LogP contribution in [0.1, 0.15) is 20.1 Å². The smallest absolute Gasteiger partial charge is 0.264 e. The van der Waals surface area contributed by atoms with E-state index >= 15 is 0 Å². The Morgan fingerprint density at radius 2 is 1.86 bits per heavy atom. The zero-order valence-electron chi connectivity index (χ0n) is 15.7. The Kier molecular flexibility index (Phi) is 5.03. The standard InChI is InChI=1S/C19H20N4O3S2/c1-12-13(2)28-17-16(12)19(26)23(11-20-17)10-15(24)21-5-7-22(8-6-21)18(25)14-4-3-9-27-14/h3-4,9,11H,5-8,10H2,1-2H3. The Hall–Kier alpha value is -2.52. The number of hydrogen-bond donors (Lipinski definition) is 0. The van der Waals surface area contributed by atoms with Gasteiger partial charge in [-0.05, 0) is 30.9 Å². The van der Waals surface area contributed by atoms with Crippen LogP contribution in [0.2, 0.25) is 0 Å². The molecule has 1 saturated heterocycles. The lowest BCUT2D eigenvalue weighted by atomic mass is 10.2. The molecule has 0 bridgehead atoms. The van der Waals surface area contributed by atoms with E-state index in [0.29, 0.717) is 41.3 Å². The SMILES string of the molecule is Cc1sc2ncn(CC(=O)N3CCN(C(=O)c4cccs4)CC3)c(=O)c2c1C. The van der Waals surface area contributed by atoms with Gasteiger partial charge in [-0.3, -0.25) is 19.0 Å². The maximum atomic E-state index is 12.8. The van der Waals surface area contributed by atoms with Crippen LogP contribution in [0.4, 0.5) is 0 Å². The molecule has 9 heteroatoms. The third kappa shape index (κ3) is 3.35. The number of carbonyl (C=O) groups is 2. The van der Waals surface area contributed by atoms with Crippen LogP contribution in [0.3, 0.4) is 0 Å². The van der Waals surface area contributed by atoms with Crippen molar-refractivity contribution in [3.05, 3.63) is 49.5 Å². The molecule has 4 heterocycles. The summed E-state index contributed by atoms with van der Waals surface area (Å²) in [5, 5.41) is 2.48. The monoisotopic (exact) mass is 416 g/mol. The van der Waals surface area contributed by atoms with Crippen molar-refractivity contribution in [1.82, 2.24) is 19.4 Å². The van der Waals surface area contributed by atoms with Crippen molar-refractivity contribution in [3.8, 4) is 0 Å². The molecule has 7 nitrogen and oxygen atoms in total. The van der Waals surface area contributed by atoms with Crippen LogP contribution in [-0.4, -0.2) is 57.3 Å². The van der Waals surface area contributed by atoms with Crippen molar-refractivity contribution in [2.24, 2.45) is 0 Å². The van der Waals surface area contributed by atoms with E-state index in [1.165, 1.54) is 33.6 Å². The normalized spacial score (nSPS) is 14.6. The molecule has 0 atom stereocenters. The third-order valence-electron chi connectivity index (χ3n) is 5.11. The summed E-state index contributed by atoms with van der Waals surface area (Å²) in [6.45, 7) is 5.78. The van der Waals surface area contributed by atoms with E-state index in [1.54, 1.807) is 9.80 Å². The number of piperazine rings is 1. The van der Waals surface area contributed by atoms with Crippen LogP contribution in [0.25, 0.3) is 10.2 Å². The van der Waals surface area contributed by atoms with Gasteiger partial charge in [-0.25, -0.2) is 4.98 Å². The number of amides is 2. The van der Waals surface area contributed by atoms with Gasteiger partial charge in [-0.15, -0.1) is 22.7 Å². The molecule has 0 aromatic carbocycles. The van der Waals surface area contributed by atoms with E-state index in [-0.39, 0.29) is 23.9 Å². The van der Waals surface area contributed by atoms with Crippen molar-refractivity contribution in [2.45, 2.75) is 20.4 Å². The minimum atomic E-state index is -0.174. The second-order valence-corrected chi connectivity index (χ2v) is 8.94. The van der Waals surface area contributed by atoms with Gasteiger partial charge in [-0.2, -0.15) is 0 Å². The minimum absolute atomic E-state index is 0.0104. The summed E-state index contributed by atoms with van der Waals surface area (Å²) in [6, 6.07) is 3.67. The zero-order chi connectivity index (χ0) is 19.8. The van der Waals surface area contributed by atoms with E-state index in [2.05, 4.69) is 4.98 Å². The van der Waals surface area contributed by atoms with Gasteiger partial charge in [0, 0.05) is 31.1 Å². The number of nitrogens with zero attached hydrogens (tertiary/aromatic N) is 4. The molecule has 4 rings (SSSR count). The Morgan fingerprint density at radius 1 is 1.14 bits per heavy atom. The van der Waals surface area contributed by atoms with E-state index < -0.39 is 0 Å². The number of aryl methyl sites for hydroxylation is 2. The number of hydrogen-bond acceptors (Lipinski definition) is 6. The molecule has 1 fully saturated rings. The molecule has 146 valence electrons. The molecule has 28 heavy (non-hydrogen) atoms.